The van der Waals surface area contributed by atoms with Gasteiger partial charge in [-0.2, -0.15) is 14.0 Å². The first-order valence-electron chi connectivity index (χ1n) is 9.35. The first-order chi connectivity index (χ1) is 13.8. The van der Waals surface area contributed by atoms with E-state index in [9.17, 15) is 22.5 Å². The summed E-state index contributed by atoms with van der Waals surface area (Å²) in [6.07, 6.45) is 3.16. The van der Waals surface area contributed by atoms with E-state index >= 15 is 0 Å². The monoisotopic (exact) mass is 424 g/mol. The van der Waals surface area contributed by atoms with E-state index in [1.165, 1.54) is 18.3 Å². The van der Waals surface area contributed by atoms with Crippen LogP contribution in [0.15, 0.2) is 24.4 Å². The van der Waals surface area contributed by atoms with Crippen LogP contribution in [0.1, 0.15) is 31.7 Å². The lowest BCUT2D eigenvalue weighted by atomic mass is 10.0. The minimum Gasteiger partial charge on any atom is -0.435 e. The van der Waals surface area contributed by atoms with Crippen LogP contribution < -0.4 is 14.4 Å². The molecule has 1 fully saturated rings. The van der Waals surface area contributed by atoms with Crippen LogP contribution in [0.3, 0.4) is 0 Å². The van der Waals surface area contributed by atoms with Crippen LogP contribution in [0, 0.1) is 11.3 Å². The van der Waals surface area contributed by atoms with Crippen molar-refractivity contribution in [1.29, 1.82) is 5.26 Å². The van der Waals surface area contributed by atoms with Gasteiger partial charge in [-0.15, -0.1) is 0 Å². The molecule has 0 aliphatic carbocycles. The molecule has 0 unspecified atom stereocenters. The zero-order chi connectivity index (χ0) is 21.0. The van der Waals surface area contributed by atoms with Gasteiger partial charge in [-0.25, -0.2) is 13.1 Å². The van der Waals surface area contributed by atoms with E-state index in [0.717, 1.165) is 0 Å². The Kier molecular flexibility index (Phi) is 6.49. The van der Waals surface area contributed by atoms with Crippen molar-refractivity contribution in [3.63, 3.8) is 0 Å². The van der Waals surface area contributed by atoms with Gasteiger partial charge in [0.05, 0.1) is 22.5 Å². The molecule has 1 N–H and O–H groups in total. The minimum atomic E-state index is -3.30. The summed E-state index contributed by atoms with van der Waals surface area (Å²) in [7, 11) is -3.30. The molecule has 0 saturated carbocycles. The maximum absolute atomic E-state index is 12.6. The quantitative estimate of drug-likeness (QED) is 0.734. The summed E-state index contributed by atoms with van der Waals surface area (Å²) in [5.74, 6) is 0.0844. The number of fused-ring (bicyclic) bond motifs is 1. The molecule has 1 aliphatic rings. The molecule has 1 aromatic carbocycles. The third-order valence-electron chi connectivity index (χ3n) is 4.79. The van der Waals surface area contributed by atoms with E-state index in [1.54, 1.807) is 6.07 Å². The van der Waals surface area contributed by atoms with Gasteiger partial charge in [0.15, 0.2) is 0 Å². The highest BCUT2D eigenvalue weighted by molar-refractivity contribution is 7.89. The van der Waals surface area contributed by atoms with Gasteiger partial charge >= 0.3 is 6.61 Å². The molecule has 2 aromatic rings. The molecule has 0 atom stereocenters. The van der Waals surface area contributed by atoms with Gasteiger partial charge in [0.25, 0.3) is 0 Å². The number of nitrogens with one attached hydrogen (secondary N) is 1. The summed E-state index contributed by atoms with van der Waals surface area (Å²) in [6, 6.07) is 6.38. The molecule has 0 bridgehead atoms. The number of nitriles is 1. The second-order valence-corrected chi connectivity index (χ2v) is 8.76. The number of nitrogens with zero attached hydrogens (tertiary/aromatic N) is 3. The summed E-state index contributed by atoms with van der Waals surface area (Å²) in [6.45, 7) is -0.0961. The van der Waals surface area contributed by atoms with Gasteiger partial charge < -0.3 is 9.64 Å². The number of benzene rings is 1. The molecule has 1 saturated heterocycles. The zero-order valence-electron chi connectivity index (χ0n) is 15.9. The van der Waals surface area contributed by atoms with E-state index in [0.29, 0.717) is 54.5 Å². The lowest BCUT2D eigenvalue weighted by Gasteiger charge is -2.34. The highest BCUT2D eigenvalue weighted by atomic mass is 32.2. The van der Waals surface area contributed by atoms with Crippen molar-refractivity contribution >= 4 is 26.6 Å². The van der Waals surface area contributed by atoms with Crippen molar-refractivity contribution in [2.75, 3.05) is 23.7 Å². The number of hydrogen-bond acceptors (Lipinski definition) is 6. The maximum atomic E-state index is 12.6. The van der Waals surface area contributed by atoms with Crippen molar-refractivity contribution in [3.05, 3.63) is 30.0 Å². The second kappa shape index (κ2) is 8.88. The van der Waals surface area contributed by atoms with Crippen LogP contribution in [-0.2, 0) is 10.0 Å². The Morgan fingerprint density at radius 2 is 2.10 bits per heavy atom. The molecule has 2 heterocycles. The number of halogens is 2. The Morgan fingerprint density at radius 1 is 1.38 bits per heavy atom. The maximum Gasteiger partial charge on any atom is 0.387 e. The summed E-state index contributed by atoms with van der Waals surface area (Å²) in [4.78, 5) is 6.20. The summed E-state index contributed by atoms with van der Waals surface area (Å²) in [5, 5.41) is 10.1. The normalized spacial score (nSPS) is 15.6. The molecule has 3 rings (SSSR count). The molecule has 1 aliphatic heterocycles. The molecule has 0 radical (unpaired) electrons. The molecular formula is C19H22F2N4O3S. The average Bonchev–Trinajstić information content (AvgIpc) is 2.67. The average molecular weight is 424 g/mol. The molecule has 29 heavy (non-hydrogen) atoms. The lowest BCUT2D eigenvalue weighted by Crippen LogP contribution is -2.45. The van der Waals surface area contributed by atoms with Gasteiger partial charge in [0.2, 0.25) is 10.0 Å². The molecule has 0 amide bonds. The Morgan fingerprint density at radius 3 is 2.72 bits per heavy atom. The van der Waals surface area contributed by atoms with Crippen LogP contribution in [0.2, 0.25) is 0 Å². The SMILES string of the molecule is CCCS(=O)(=O)NC1CCN(c2c(C#N)cnc3ccc(OC(F)F)cc23)CC1. The van der Waals surface area contributed by atoms with Gasteiger partial charge in [-0.3, -0.25) is 4.98 Å². The van der Waals surface area contributed by atoms with Gasteiger partial charge in [0, 0.05) is 30.7 Å². The number of ether oxygens (including phenoxy) is 1. The minimum absolute atomic E-state index is 0.00662. The first kappa shape index (κ1) is 21.2. The first-order valence-corrected chi connectivity index (χ1v) is 11.0. The van der Waals surface area contributed by atoms with E-state index < -0.39 is 16.6 Å². The number of alkyl halides is 2. The largest absolute Gasteiger partial charge is 0.435 e. The van der Waals surface area contributed by atoms with Crippen molar-refractivity contribution in [1.82, 2.24) is 9.71 Å². The van der Waals surface area contributed by atoms with Gasteiger partial charge in [0.1, 0.15) is 11.8 Å². The van der Waals surface area contributed by atoms with E-state index in [4.69, 9.17) is 0 Å². The van der Waals surface area contributed by atoms with Gasteiger partial charge in [-0.1, -0.05) is 6.92 Å². The third kappa shape index (κ3) is 5.10. The van der Waals surface area contributed by atoms with E-state index in [-0.39, 0.29) is 17.5 Å². The smallest absolute Gasteiger partial charge is 0.387 e. The number of pyridine rings is 1. The van der Waals surface area contributed by atoms with Crippen molar-refractivity contribution in [3.8, 4) is 11.8 Å². The van der Waals surface area contributed by atoms with Crippen LogP contribution in [-0.4, -0.2) is 44.9 Å². The topological polar surface area (TPSA) is 95.3 Å². The lowest BCUT2D eigenvalue weighted by molar-refractivity contribution is -0.0497. The van der Waals surface area contributed by atoms with Crippen LogP contribution in [0.25, 0.3) is 10.9 Å². The summed E-state index contributed by atoms with van der Waals surface area (Å²) < 4.78 is 56.4. The second-order valence-electron chi connectivity index (χ2n) is 6.89. The molecule has 156 valence electrons. The fourth-order valence-corrected chi connectivity index (χ4v) is 4.96. The molecule has 1 aromatic heterocycles. The number of hydrogen-bond donors (Lipinski definition) is 1. The Hall–Kier alpha value is -2.51. The number of rotatable bonds is 7. The molecule has 0 spiro atoms. The van der Waals surface area contributed by atoms with E-state index in [2.05, 4.69) is 20.5 Å². The highest BCUT2D eigenvalue weighted by Crippen LogP contribution is 2.34. The van der Waals surface area contributed by atoms with Crippen LogP contribution in [0.4, 0.5) is 14.5 Å². The predicted octanol–water partition coefficient (Wildman–Crippen LogP) is 3.01. The fourth-order valence-electron chi connectivity index (χ4n) is 3.56. The standard InChI is InChI=1S/C19H22F2N4O3S/c1-2-9-29(26,27)24-14-5-7-25(8-6-14)18-13(11-22)12-23-17-4-3-15(10-16(17)18)28-19(20)21/h3-4,10,12,14,19,24H,2,5-9H2,1H3. The Bertz CT molecular complexity index is 1020. The molecule has 10 heteroatoms. The third-order valence-corrected chi connectivity index (χ3v) is 6.43. The highest BCUT2D eigenvalue weighted by Gasteiger charge is 2.26. The van der Waals surface area contributed by atoms with Crippen LogP contribution in [0.5, 0.6) is 5.75 Å². The Balaban J connectivity index is 1.86. The number of anilines is 1. The zero-order valence-corrected chi connectivity index (χ0v) is 16.8. The van der Waals surface area contributed by atoms with Crippen molar-refractivity contribution in [2.24, 2.45) is 0 Å². The predicted molar refractivity (Wildman–Crippen MR) is 106 cm³/mol. The number of aromatic nitrogens is 1. The van der Waals surface area contributed by atoms with Gasteiger partial charge in [-0.05, 0) is 37.5 Å². The van der Waals surface area contributed by atoms with Crippen molar-refractivity contribution < 1.29 is 21.9 Å². The number of piperidine rings is 1. The molecular weight excluding hydrogens is 402 g/mol. The Labute approximate surface area is 168 Å². The van der Waals surface area contributed by atoms with Crippen LogP contribution >= 0.6 is 0 Å². The fraction of sp³-hybridized carbons (Fsp3) is 0.474. The van der Waals surface area contributed by atoms with E-state index in [1.807, 2.05) is 11.8 Å². The number of sulfonamides is 1. The summed E-state index contributed by atoms with van der Waals surface area (Å²) >= 11 is 0. The molecule has 7 nitrogen and oxygen atoms in total. The van der Waals surface area contributed by atoms with Crippen molar-refractivity contribution in [2.45, 2.75) is 38.8 Å². The summed E-state index contributed by atoms with van der Waals surface area (Å²) in [5.41, 5.74) is 1.50.